The van der Waals surface area contributed by atoms with Crippen LogP contribution in [-0.4, -0.2) is 22.4 Å². The van der Waals surface area contributed by atoms with Gasteiger partial charge in [-0.05, 0) is 24.1 Å². The minimum Gasteiger partial charge on any atom is -0.350 e. The Bertz CT molecular complexity index is 921. The topological polar surface area (TPSA) is 74.8 Å². The van der Waals surface area contributed by atoms with Crippen LogP contribution in [0.5, 0.6) is 0 Å². The number of benzene rings is 2. The molecule has 0 aliphatic rings. The van der Waals surface area contributed by atoms with Crippen LogP contribution in [0, 0.1) is 5.82 Å². The van der Waals surface area contributed by atoms with E-state index in [9.17, 15) is 14.0 Å². The lowest BCUT2D eigenvalue weighted by Crippen LogP contribution is -2.29. The Morgan fingerprint density at radius 1 is 1.13 bits per heavy atom. The van der Waals surface area contributed by atoms with Crippen molar-refractivity contribution in [2.24, 2.45) is 0 Å². The van der Waals surface area contributed by atoms with Gasteiger partial charge in [0.05, 0.1) is 5.52 Å². The maximum absolute atomic E-state index is 13.5. The van der Waals surface area contributed by atoms with Gasteiger partial charge in [-0.15, -0.1) is 0 Å². The fraction of sp³-hybridized carbons (Fsp3) is 0.118. The fourth-order valence-corrected chi connectivity index (χ4v) is 2.37. The number of rotatable bonds is 4. The molecule has 0 atom stereocenters. The van der Waals surface area contributed by atoms with E-state index in [4.69, 9.17) is 0 Å². The number of H-pyrrole nitrogens is 1. The van der Waals surface area contributed by atoms with Crippen LogP contribution in [-0.2, 0) is 6.42 Å². The van der Waals surface area contributed by atoms with Gasteiger partial charge in [-0.3, -0.25) is 4.79 Å². The molecule has 116 valence electrons. The number of halogens is 1. The molecule has 0 radical (unpaired) electrons. The SMILES string of the molecule is O=C(NCCc1ccccc1F)c1nc(=O)[nH]c2ccccc12. The Kier molecular flexibility index (Phi) is 4.14. The second-order valence-corrected chi connectivity index (χ2v) is 5.03. The number of aromatic nitrogens is 2. The molecule has 0 aliphatic heterocycles. The van der Waals surface area contributed by atoms with Crippen molar-refractivity contribution in [3.8, 4) is 0 Å². The van der Waals surface area contributed by atoms with Gasteiger partial charge in [0, 0.05) is 11.9 Å². The Hall–Kier alpha value is -3.02. The minimum atomic E-state index is -0.581. The first-order chi connectivity index (χ1) is 11.1. The number of fused-ring (bicyclic) bond motifs is 1. The number of nitrogens with one attached hydrogen (secondary N) is 2. The van der Waals surface area contributed by atoms with Crippen molar-refractivity contribution < 1.29 is 9.18 Å². The van der Waals surface area contributed by atoms with E-state index in [1.807, 2.05) is 0 Å². The summed E-state index contributed by atoms with van der Waals surface area (Å²) in [5.41, 5.74) is 0.559. The summed E-state index contributed by atoms with van der Waals surface area (Å²) in [6.07, 6.45) is 0.361. The van der Waals surface area contributed by atoms with Gasteiger partial charge in [0.15, 0.2) is 0 Å². The van der Waals surface area contributed by atoms with Crippen molar-refractivity contribution in [1.29, 1.82) is 0 Å². The van der Waals surface area contributed by atoms with Crippen LogP contribution in [0.3, 0.4) is 0 Å². The van der Waals surface area contributed by atoms with Crippen LogP contribution in [0.25, 0.3) is 10.9 Å². The Labute approximate surface area is 131 Å². The molecule has 0 aliphatic carbocycles. The van der Waals surface area contributed by atoms with E-state index >= 15 is 0 Å². The summed E-state index contributed by atoms with van der Waals surface area (Å²) >= 11 is 0. The van der Waals surface area contributed by atoms with E-state index in [1.54, 1.807) is 42.5 Å². The maximum Gasteiger partial charge on any atom is 0.346 e. The number of carbonyl (C=O) groups excluding carboxylic acids is 1. The van der Waals surface area contributed by atoms with E-state index in [0.717, 1.165) is 0 Å². The normalized spacial score (nSPS) is 10.7. The minimum absolute atomic E-state index is 0.0675. The highest BCUT2D eigenvalue weighted by atomic mass is 19.1. The third-order valence-electron chi connectivity index (χ3n) is 3.49. The zero-order valence-electron chi connectivity index (χ0n) is 12.2. The predicted octanol–water partition coefficient (Wildman–Crippen LogP) is 2.03. The quantitative estimate of drug-likeness (QED) is 0.774. The second-order valence-electron chi connectivity index (χ2n) is 5.03. The third kappa shape index (κ3) is 3.26. The van der Waals surface area contributed by atoms with Gasteiger partial charge in [-0.25, -0.2) is 9.18 Å². The highest BCUT2D eigenvalue weighted by Gasteiger charge is 2.13. The summed E-state index contributed by atoms with van der Waals surface area (Å²) in [6.45, 7) is 0.253. The Morgan fingerprint density at radius 3 is 2.70 bits per heavy atom. The molecular formula is C17H14FN3O2. The zero-order valence-corrected chi connectivity index (χ0v) is 12.2. The molecule has 1 amide bonds. The average Bonchev–Trinajstić information content (AvgIpc) is 2.55. The molecule has 3 aromatic rings. The molecule has 0 fully saturated rings. The van der Waals surface area contributed by atoms with Crippen molar-refractivity contribution in [3.05, 3.63) is 76.1 Å². The van der Waals surface area contributed by atoms with Crippen LogP contribution < -0.4 is 11.0 Å². The second kappa shape index (κ2) is 6.39. The molecule has 1 heterocycles. The van der Waals surface area contributed by atoms with Gasteiger partial charge in [0.25, 0.3) is 5.91 Å². The summed E-state index contributed by atoms with van der Waals surface area (Å²) in [7, 11) is 0. The molecule has 2 N–H and O–H groups in total. The third-order valence-corrected chi connectivity index (χ3v) is 3.49. The number of amides is 1. The molecule has 0 saturated heterocycles. The summed E-state index contributed by atoms with van der Waals surface area (Å²) < 4.78 is 13.5. The van der Waals surface area contributed by atoms with Gasteiger partial charge in [0.2, 0.25) is 0 Å². The number of carbonyl (C=O) groups is 1. The maximum atomic E-state index is 13.5. The van der Waals surface area contributed by atoms with Gasteiger partial charge in [-0.2, -0.15) is 4.98 Å². The lowest BCUT2D eigenvalue weighted by Gasteiger charge is -2.07. The van der Waals surface area contributed by atoms with Crippen molar-refractivity contribution >= 4 is 16.8 Å². The van der Waals surface area contributed by atoms with Gasteiger partial charge in [-0.1, -0.05) is 36.4 Å². The molecule has 2 aromatic carbocycles. The van der Waals surface area contributed by atoms with Crippen molar-refractivity contribution in [1.82, 2.24) is 15.3 Å². The predicted molar refractivity (Wildman–Crippen MR) is 84.8 cm³/mol. The van der Waals surface area contributed by atoms with E-state index in [2.05, 4.69) is 15.3 Å². The van der Waals surface area contributed by atoms with Crippen molar-refractivity contribution in [3.63, 3.8) is 0 Å². The smallest absolute Gasteiger partial charge is 0.346 e. The first-order valence-corrected chi connectivity index (χ1v) is 7.16. The van der Waals surface area contributed by atoms with Crippen LogP contribution in [0.2, 0.25) is 0 Å². The number of hydrogen-bond donors (Lipinski definition) is 2. The van der Waals surface area contributed by atoms with Crippen molar-refractivity contribution in [2.45, 2.75) is 6.42 Å². The molecule has 23 heavy (non-hydrogen) atoms. The standard InChI is InChI=1S/C17H14FN3O2/c18-13-7-3-1-5-11(13)9-10-19-16(22)15-12-6-2-4-8-14(12)20-17(23)21-15/h1-8H,9-10H2,(H,19,22)(H,20,21,23). The lowest BCUT2D eigenvalue weighted by molar-refractivity contribution is 0.0950. The van der Waals surface area contributed by atoms with Crippen LogP contribution in [0.15, 0.2) is 53.3 Å². The Morgan fingerprint density at radius 2 is 1.87 bits per heavy atom. The molecule has 0 saturated carbocycles. The summed E-state index contributed by atoms with van der Waals surface area (Å²) in [5.74, 6) is -0.759. The van der Waals surface area contributed by atoms with E-state index in [0.29, 0.717) is 22.9 Å². The number of para-hydroxylation sites is 1. The van der Waals surface area contributed by atoms with E-state index in [1.165, 1.54) is 6.07 Å². The summed E-state index contributed by atoms with van der Waals surface area (Å²) in [5, 5.41) is 3.24. The number of hydrogen-bond acceptors (Lipinski definition) is 3. The lowest BCUT2D eigenvalue weighted by atomic mass is 10.1. The number of nitrogens with zero attached hydrogens (tertiary/aromatic N) is 1. The summed E-state index contributed by atoms with van der Waals surface area (Å²) in [4.78, 5) is 30.1. The molecule has 3 rings (SSSR count). The molecule has 0 unspecified atom stereocenters. The molecule has 5 nitrogen and oxygen atoms in total. The first kappa shape index (κ1) is 14.9. The largest absolute Gasteiger partial charge is 0.350 e. The highest BCUT2D eigenvalue weighted by molar-refractivity contribution is 6.04. The molecule has 6 heteroatoms. The average molecular weight is 311 g/mol. The first-order valence-electron chi connectivity index (χ1n) is 7.16. The van der Waals surface area contributed by atoms with Crippen LogP contribution in [0.1, 0.15) is 16.1 Å². The summed E-state index contributed by atoms with van der Waals surface area (Å²) in [6, 6.07) is 13.3. The van der Waals surface area contributed by atoms with Gasteiger partial charge >= 0.3 is 5.69 Å². The zero-order chi connectivity index (χ0) is 16.2. The van der Waals surface area contributed by atoms with Crippen molar-refractivity contribution in [2.75, 3.05) is 6.54 Å². The van der Waals surface area contributed by atoms with Gasteiger partial charge < -0.3 is 10.3 Å². The van der Waals surface area contributed by atoms with E-state index < -0.39 is 11.6 Å². The molecule has 1 aromatic heterocycles. The monoisotopic (exact) mass is 311 g/mol. The van der Waals surface area contributed by atoms with Crippen LogP contribution >= 0.6 is 0 Å². The van der Waals surface area contributed by atoms with Crippen LogP contribution in [0.4, 0.5) is 4.39 Å². The Balaban J connectivity index is 1.76. The number of aromatic amines is 1. The highest BCUT2D eigenvalue weighted by Crippen LogP contribution is 2.12. The van der Waals surface area contributed by atoms with E-state index in [-0.39, 0.29) is 18.1 Å². The van der Waals surface area contributed by atoms with Gasteiger partial charge in [0.1, 0.15) is 11.5 Å². The molecular weight excluding hydrogens is 297 g/mol. The fourth-order valence-electron chi connectivity index (χ4n) is 2.37. The molecule has 0 spiro atoms. The molecule has 0 bridgehead atoms.